The second-order valence-electron chi connectivity index (χ2n) is 3.55. The van der Waals surface area contributed by atoms with Gasteiger partial charge in [0.1, 0.15) is 12.4 Å². The topological polar surface area (TPSA) is 46.0 Å². The fourth-order valence-electron chi connectivity index (χ4n) is 1.51. The number of aliphatic hydroxyl groups excluding tert-OH is 1. The van der Waals surface area contributed by atoms with Crippen LogP contribution in [0.4, 0.5) is 8.78 Å². The Hall–Kier alpha value is -1.88. The third-order valence-electron chi connectivity index (χ3n) is 2.37. The smallest absolute Gasteiger partial charge is 0.263 e. The number of aliphatic hydroxyl groups is 1. The zero-order valence-electron chi connectivity index (χ0n) is 8.79. The minimum atomic E-state index is -2.55. The summed E-state index contributed by atoms with van der Waals surface area (Å²) >= 11 is 0. The molecule has 0 aliphatic heterocycles. The van der Waals surface area contributed by atoms with E-state index in [0.29, 0.717) is 11.1 Å². The molecular formula is C12H10F2N2O. The highest BCUT2D eigenvalue weighted by Gasteiger charge is 2.14. The molecule has 1 aromatic heterocycles. The number of rotatable bonds is 3. The van der Waals surface area contributed by atoms with Crippen molar-refractivity contribution in [2.24, 2.45) is 0 Å². The Kier molecular flexibility index (Phi) is 3.39. The van der Waals surface area contributed by atoms with E-state index in [2.05, 4.69) is 9.97 Å². The van der Waals surface area contributed by atoms with Gasteiger partial charge < -0.3 is 5.11 Å². The Morgan fingerprint density at radius 1 is 1.00 bits per heavy atom. The van der Waals surface area contributed by atoms with Gasteiger partial charge in [0.25, 0.3) is 6.43 Å². The van der Waals surface area contributed by atoms with Gasteiger partial charge in [-0.15, -0.1) is 0 Å². The molecule has 1 N–H and O–H groups in total. The maximum absolute atomic E-state index is 12.5. The summed E-state index contributed by atoms with van der Waals surface area (Å²) < 4.78 is 25.0. The number of nitrogens with zero attached hydrogens (tertiary/aromatic N) is 2. The largest absolute Gasteiger partial charge is 0.384 e. The summed E-state index contributed by atoms with van der Waals surface area (Å²) in [7, 11) is 0. The van der Waals surface area contributed by atoms with E-state index in [9.17, 15) is 13.9 Å². The van der Waals surface area contributed by atoms with Gasteiger partial charge in [-0.05, 0) is 11.6 Å². The first kappa shape index (κ1) is 11.6. The molecule has 1 atom stereocenters. The molecule has 1 heterocycles. The third kappa shape index (κ3) is 2.62. The molecule has 1 aromatic carbocycles. The van der Waals surface area contributed by atoms with Crippen LogP contribution in [0.15, 0.2) is 43.0 Å². The standard InChI is InChI=1S/C12H10F2N2O/c13-12(14)9-3-1-2-8(4-9)11(17)10-5-15-7-16-6-10/h1-7,11-12,17H. The van der Waals surface area contributed by atoms with Gasteiger partial charge >= 0.3 is 0 Å². The number of hydrogen-bond donors (Lipinski definition) is 1. The minimum Gasteiger partial charge on any atom is -0.384 e. The lowest BCUT2D eigenvalue weighted by Gasteiger charge is -2.11. The van der Waals surface area contributed by atoms with Crippen LogP contribution in [0.5, 0.6) is 0 Å². The van der Waals surface area contributed by atoms with E-state index >= 15 is 0 Å². The van der Waals surface area contributed by atoms with Gasteiger partial charge in [0.15, 0.2) is 0 Å². The molecule has 5 heteroatoms. The van der Waals surface area contributed by atoms with Crippen LogP contribution in [0.1, 0.15) is 29.2 Å². The second-order valence-corrected chi connectivity index (χ2v) is 3.55. The summed E-state index contributed by atoms with van der Waals surface area (Å²) in [6.07, 6.45) is 0.703. The van der Waals surface area contributed by atoms with E-state index in [1.165, 1.54) is 36.9 Å². The van der Waals surface area contributed by atoms with Gasteiger partial charge in [0.05, 0.1) is 0 Å². The highest BCUT2D eigenvalue weighted by Crippen LogP contribution is 2.25. The van der Waals surface area contributed by atoms with E-state index in [1.54, 1.807) is 6.07 Å². The molecule has 1 unspecified atom stereocenters. The Bertz CT molecular complexity index is 491. The first-order valence-corrected chi connectivity index (χ1v) is 4.99. The van der Waals surface area contributed by atoms with Gasteiger partial charge in [-0.25, -0.2) is 18.7 Å². The van der Waals surface area contributed by atoms with Gasteiger partial charge in [-0.2, -0.15) is 0 Å². The van der Waals surface area contributed by atoms with Crippen LogP contribution in [0.25, 0.3) is 0 Å². The van der Waals surface area contributed by atoms with Gasteiger partial charge in [0.2, 0.25) is 0 Å². The Labute approximate surface area is 96.8 Å². The first-order valence-electron chi connectivity index (χ1n) is 4.99. The summed E-state index contributed by atoms with van der Waals surface area (Å²) in [6.45, 7) is 0. The number of halogens is 2. The lowest BCUT2D eigenvalue weighted by atomic mass is 10.0. The van der Waals surface area contributed by atoms with E-state index in [0.717, 1.165) is 0 Å². The molecule has 88 valence electrons. The van der Waals surface area contributed by atoms with E-state index in [-0.39, 0.29) is 5.56 Å². The van der Waals surface area contributed by atoms with Crippen molar-refractivity contribution in [3.05, 3.63) is 59.7 Å². The van der Waals surface area contributed by atoms with Gasteiger partial charge in [0, 0.05) is 23.5 Å². The molecule has 0 aliphatic carbocycles. The van der Waals surface area contributed by atoms with Crippen LogP contribution >= 0.6 is 0 Å². The maximum Gasteiger partial charge on any atom is 0.263 e. The quantitative estimate of drug-likeness (QED) is 0.890. The maximum atomic E-state index is 12.5. The van der Waals surface area contributed by atoms with Crippen molar-refractivity contribution in [2.75, 3.05) is 0 Å². The van der Waals surface area contributed by atoms with Crippen molar-refractivity contribution in [1.82, 2.24) is 9.97 Å². The monoisotopic (exact) mass is 236 g/mol. The molecule has 0 fully saturated rings. The number of benzene rings is 1. The Morgan fingerprint density at radius 3 is 2.29 bits per heavy atom. The predicted octanol–water partition coefficient (Wildman–Crippen LogP) is 2.50. The minimum absolute atomic E-state index is 0.113. The molecular weight excluding hydrogens is 226 g/mol. The molecule has 0 saturated heterocycles. The summed E-state index contributed by atoms with van der Waals surface area (Å²) in [5.41, 5.74) is 0.759. The zero-order chi connectivity index (χ0) is 12.3. The fraction of sp³-hybridized carbons (Fsp3) is 0.167. The predicted molar refractivity (Wildman–Crippen MR) is 57.5 cm³/mol. The third-order valence-corrected chi connectivity index (χ3v) is 2.37. The summed E-state index contributed by atoms with van der Waals surface area (Å²) in [5, 5.41) is 9.97. The second kappa shape index (κ2) is 4.97. The molecule has 0 amide bonds. The Morgan fingerprint density at radius 2 is 1.65 bits per heavy atom. The molecule has 17 heavy (non-hydrogen) atoms. The molecule has 2 aromatic rings. The highest BCUT2D eigenvalue weighted by molar-refractivity contribution is 5.31. The van der Waals surface area contributed by atoms with E-state index in [4.69, 9.17) is 0 Å². The average Bonchev–Trinajstić information content (AvgIpc) is 2.39. The lowest BCUT2D eigenvalue weighted by molar-refractivity contribution is 0.150. The van der Waals surface area contributed by atoms with Gasteiger partial charge in [-0.1, -0.05) is 18.2 Å². The number of alkyl halides is 2. The molecule has 0 aliphatic rings. The van der Waals surface area contributed by atoms with Crippen LogP contribution in [-0.2, 0) is 0 Å². The molecule has 0 bridgehead atoms. The van der Waals surface area contributed by atoms with Crippen LogP contribution in [0.3, 0.4) is 0 Å². The molecule has 2 rings (SSSR count). The molecule has 0 saturated carbocycles. The highest BCUT2D eigenvalue weighted by atomic mass is 19.3. The zero-order valence-corrected chi connectivity index (χ0v) is 8.79. The van der Waals surface area contributed by atoms with Crippen LogP contribution < -0.4 is 0 Å². The summed E-state index contributed by atoms with van der Waals surface area (Å²) in [5.74, 6) is 0. The number of aromatic nitrogens is 2. The molecule has 0 radical (unpaired) electrons. The van der Waals surface area contributed by atoms with Crippen LogP contribution in [-0.4, -0.2) is 15.1 Å². The summed E-state index contributed by atoms with van der Waals surface area (Å²) in [6, 6.07) is 5.68. The molecule has 3 nitrogen and oxygen atoms in total. The lowest BCUT2D eigenvalue weighted by Crippen LogP contribution is -2.01. The van der Waals surface area contributed by atoms with Crippen molar-refractivity contribution < 1.29 is 13.9 Å². The average molecular weight is 236 g/mol. The van der Waals surface area contributed by atoms with Crippen molar-refractivity contribution in [3.63, 3.8) is 0 Å². The Balaban J connectivity index is 2.31. The first-order chi connectivity index (χ1) is 8.18. The van der Waals surface area contributed by atoms with Crippen molar-refractivity contribution in [2.45, 2.75) is 12.5 Å². The van der Waals surface area contributed by atoms with Crippen molar-refractivity contribution in [1.29, 1.82) is 0 Å². The summed E-state index contributed by atoms with van der Waals surface area (Å²) in [4.78, 5) is 7.54. The van der Waals surface area contributed by atoms with Crippen molar-refractivity contribution >= 4 is 0 Å². The molecule has 0 spiro atoms. The fourth-order valence-corrected chi connectivity index (χ4v) is 1.51. The van der Waals surface area contributed by atoms with Crippen molar-refractivity contribution in [3.8, 4) is 0 Å². The van der Waals surface area contributed by atoms with Gasteiger partial charge in [-0.3, -0.25) is 0 Å². The number of hydrogen-bond acceptors (Lipinski definition) is 3. The van der Waals surface area contributed by atoms with E-state index in [1.807, 2.05) is 0 Å². The normalized spacial score (nSPS) is 12.7. The SMILES string of the molecule is OC(c1cncnc1)c1cccc(C(F)F)c1. The van der Waals surface area contributed by atoms with Crippen LogP contribution in [0.2, 0.25) is 0 Å². The van der Waals surface area contributed by atoms with E-state index < -0.39 is 12.5 Å². The van der Waals surface area contributed by atoms with Crippen LogP contribution in [0, 0.1) is 0 Å².